The molecule has 0 saturated carbocycles. The quantitative estimate of drug-likeness (QED) is 0.606. The maximum absolute atomic E-state index is 13.5. The monoisotopic (exact) mass is 488 g/mol. The lowest BCUT2D eigenvalue weighted by Gasteiger charge is -2.42. The molecule has 2 bridgehead atoms. The second kappa shape index (κ2) is 8.80. The zero-order chi connectivity index (χ0) is 24.7. The Bertz CT molecular complexity index is 1520. The third kappa shape index (κ3) is 4.27. The average molecular weight is 489 g/mol. The number of hydrogen-bond acceptors (Lipinski definition) is 5. The highest BCUT2D eigenvalue weighted by molar-refractivity contribution is 7.89. The van der Waals surface area contributed by atoms with Crippen LogP contribution in [0, 0.1) is 17.2 Å². The van der Waals surface area contributed by atoms with Crippen molar-refractivity contribution in [3.8, 4) is 17.2 Å². The molecule has 0 aliphatic carbocycles. The number of sulfonamides is 1. The Morgan fingerprint density at radius 3 is 2.54 bits per heavy atom. The molecule has 2 aliphatic heterocycles. The van der Waals surface area contributed by atoms with Crippen molar-refractivity contribution in [3.05, 3.63) is 82.3 Å². The molecule has 9 heteroatoms. The molecular weight excluding hydrogens is 464 g/mol. The number of carbonyl (C=O) groups is 1. The largest absolute Gasteiger partial charge is 0.326 e. The van der Waals surface area contributed by atoms with Crippen LogP contribution in [0.1, 0.15) is 30.5 Å². The van der Waals surface area contributed by atoms with Crippen molar-refractivity contribution in [2.75, 3.05) is 18.4 Å². The number of fused-ring (bicyclic) bond motifs is 4. The molecule has 178 valence electrons. The molecule has 3 aromatic rings. The van der Waals surface area contributed by atoms with Gasteiger partial charge in [-0.05, 0) is 60.4 Å². The molecule has 2 atom stereocenters. The third-order valence-corrected chi connectivity index (χ3v) is 8.52. The van der Waals surface area contributed by atoms with E-state index in [2.05, 4.69) is 11.4 Å². The smallest absolute Gasteiger partial charge is 0.250 e. The minimum absolute atomic E-state index is 0.0214. The van der Waals surface area contributed by atoms with Gasteiger partial charge in [-0.2, -0.15) is 9.57 Å². The molecule has 1 saturated heterocycles. The number of aromatic nitrogens is 1. The van der Waals surface area contributed by atoms with E-state index in [1.807, 2.05) is 12.1 Å². The minimum Gasteiger partial charge on any atom is -0.326 e. The van der Waals surface area contributed by atoms with Gasteiger partial charge >= 0.3 is 0 Å². The molecular formula is C26H24N4O4S. The van der Waals surface area contributed by atoms with E-state index in [9.17, 15) is 23.3 Å². The van der Waals surface area contributed by atoms with E-state index < -0.39 is 10.0 Å². The zero-order valence-corrected chi connectivity index (χ0v) is 20.0. The lowest BCUT2D eigenvalue weighted by atomic mass is 9.81. The summed E-state index contributed by atoms with van der Waals surface area (Å²) < 4.78 is 30.3. The van der Waals surface area contributed by atoms with Crippen LogP contribution >= 0.6 is 0 Å². The number of pyridine rings is 1. The summed E-state index contributed by atoms with van der Waals surface area (Å²) in [5.74, 6) is -0.354. The summed E-state index contributed by atoms with van der Waals surface area (Å²) in [7, 11) is -3.76. The zero-order valence-electron chi connectivity index (χ0n) is 19.1. The number of nitrogens with zero attached hydrogens (tertiary/aromatic N) is 3. The first kappa shape index (κ1) is 23.0. The third-order valence-electron chi connectivity index (χ3n) is 6.67. The fourth-order valence-electron chi connectivity index (χ4n) is 5.23. The van der Waals surface area contributed by atoms with Crippen molar-refractivity contribution >= 4 is 21.6 Å². The minimum atomic E-state index is -3.76. The average Bonchev–Trinajstić information content (AvgIpc) is 2.84. The van der Waals surface area contributed by atoms with Crippen molar-refractivity contribution in [2.24, 2.45) is 5.92 Å². The first-order valence-corrected chi connectivity index (χ1v) is 12.8. The molecule has 0 spiro atoms. The molecule has 0 radical (unpaired) electrons. The molecule has 1 N–H and O–H groups in total. The van der Waals surface area contributed by atoms with Gasteiger partial charge in [-0.1, -0.05) is 12.1 Å². The summed E-state index contributed by atoms with van der Waals surface area (Å²) in [6, 6.07) is 18.9. The molecule has 35 heavy (non-hydrogen) atoms. The highest BCUT2D eigenvalue weighted by Crippen LogP contribution is 2.41. The van der Waals surface area contributed by atoms with Crippen molar-refractivity contribution in [1.29, 1.82) is 5.26 Å². The van der Waals surface area contributed by atoms with Gasteiger partial charge in [0.05, 0.1) is 16.5 Å². The highest BCUT2D eigenvalue weighted by atomic mass is 32.2. The van der Waals surface area contributed by atoms with Crippen LogP contribution in [0.2, 0.25) is 0 Å². The second-order valence-electron chi connectivity index (χ2n) is 9.10. The Morgan fingerprint density at radius 1 is 1.06 bits per heavy atom. The maximum Gasteiger partial charge on any atom is 0.250 e. The predicted molar refractivity (Wildman–Crippen MR) is 131 cm³/mol. The van der Waals surface area contributed by atoms with Crippen LogP contribution in [0.15, 0.2) is 70.4 Å². The lowest BCUT2D eigenvalue weighted by Crippen LogP contribution is -2.49. The van der Waals surface area contributed by atoms with Crippen LogP contribution < -0.4 is 10.9 Å². The van der Waals surface area contributed by atoms with Gasteiger partial charge in [0.15, 0.2) is 0 Å². The summed E-state index contributed by atoms with van der Waals surface area (Å²) in [4.78, 5) is 24.2. The fraction of sp³-hybridized carbons (Fsp3) is 0.269. The summed E-state index contributed by atoms with van der Waals surface area (Å²) >= 11 is 0. The number of nitrogens with one attached hydrogen (secondary N) is 1. The normalized spacial score (nSPS) is 19.4. The number of amides is 1. The highest BCUT2D eigenvalue weighted by Gasteiger charge is 2.40. The standard InChI is InChI=1S/C26H24N4O4S/c1-17(31)28-22-5-7-23(8-6-22)35(33,34)29-14-19-12-21(16-29)26-24(9-10-25(32)30(26)15-19)20-4-2-3-18(11-20)13-27/h2-11,19,21H,12,14-16H2,1H3,(H,28,31)/t19-,21+/m0/s1. The summed E-state index contributed by atoms with van der Waals surface area (Å²) in [6.45, 7) is 2.45. The number of carbonyl (C=O) groups excluding carboxylic acids is 1. The molecule has 8 nitrogen and oxygen atoms in total. The Morgan fingerprint density at radius 2 is 1.83 bits per heavy atom. The van der Waals surface area contributed by atoms with Gasteiger partial charge in [-0.3, -0.25) is 9.59 Å². The van der Waals surface area contributed by atoms with Crippen LogP contribution in [0.25, 0.3) is 11.1 Å². The van der Waals surface area contributed by atoms with E-state index >= 15 is 0 Å². The molecule has 0 unspecified atom stereocenters. The second-order valence-corrected chi connectivity index (χ2v) is 11.0. The van der Waals surface area contributed by atoms with Crippen LogP contribution in [-0.2, 0) is 21.4 Å². The van der Waals surface area contributed by atoms with Gasteiger partial charge in [0.1, 0.15) is 0 Å². The summed E-state index contributed by atoms with van der Waals surface area (Å²) in [5.41, 5.74) is 3.47. The number of rotatable bonds is 4. The molecule has 1 aromatic heterocycles. The van der Waals surface area contributed by atoms with Crippen LogP contribution in [0.4, 0.5) is 5.69 Å². The van der Waals surface area contributed by atoms with Crippen LogP contribution in [0.3, 0.4) is 0 Å². The number of piperidine rings is 1. The van der Waals surface area contributed by atoms with Gasteiger partial charge in [0.2, 0.25) is 15.9 Å². The van der Waals surface area contributed by atoms with Gasteiger partial charge in [-0.25, -0.2) is 8.42 Å². The van der Waals surface area contributed by atoms with Crippen molar-refractivity contribution in [2.45, 2.75) is 30.7 Å². The summed E-state index contributed by atoms with van der Waals surface area (Å²) in [6.07, 6.45) is 0.794. The topological polar surface area (TPSA) is 112 Å². The first-order chi connectivity index (χ1) is 16.8. The van der Waals surface area contributed by atoms with Crippen LogP contribution in [0.5, 0.6) is 0 Å². The number of hydrogen-bond donors (Lipinski definition) is 1. The summed E-state index contributed by atoms with van der Waals surface area (Å²) in [5, 5.41) is 12.0. The van der Waals surface area contributed by atoms with Gasteiger partial charge < -0.3 is 9.88 Å². The Labute approximate surface area is 203 Å². The molecule has 2 aromatic carbocycles. The van der Waals surface area contributed by atoms with Gasteiger partial charge in [-0.15, -0.1) is 0 Å². The Kier molecular flexibility index (Phi) is 5.79. The van der Waals surface area contributed by atoms with Crippen molar-refractivity contribution in [1.82, 2.24) is 8.87 Å². The SMILES string of the molecule is CC(=O)Nc1ccc(S(=O)(=O)N2C[C@@H]3C[C@H](C2)c2c(-c4cccc(C#N)c4)ccc(=O)n2C3)cc1. The Balaban J connectivity index is 1.51. The predicted octanol–water partition coefficient (Wildman–Crippen LogP) is 3.15. The van der Waals surface area contributed by atoms with Gasteiger partial charge in [0, 0.05) is 55.5 Å². The van der Waals surface area contributed by atoms with E-state index in [0.717, 1.165) is 23.2 Å². The van der Waals surface area contributed by atoms with Crippen molar-refractivity contribution in [3.63, 3.8) is 0 Å². The molecule has 5 rings (SSSR count). The van der Waals surface area contributed by atoms with E-state index in [1.54, 1.807) is 41.0 Å². The van der Waals surface area contributed by atoms with Crippen molar-refractivity contribution < 1.29 is 13.2 Å². The lowest BCUT2D eigenvalue weighted by molar-refractivity contribution is -0.114. The first-order valence-electron chi connectivity index (χ1n) is 11.4. The van der Waals surface area contributed by atoms with E-state index in [0.29, 0.717) is 24.3 Å². The number of nitriles is 1. The van der Waals surface area contributed by atoms with E-state index in [4.69, 9.17) is 0 Å². The van der Waals surface area contributed by atoms with E-state index in [1.165, 1.54) is 23.4 Å². The fourth-order valence-corrected chi connectivity index (χ4v) is 6.79. The molecule has 1 fully saturated rings. The maximum atomic E-state index is 13.5. The number of benzene rings is 2. The van der Waals surface area contributed by atoms with Crippen LogP contribution in [-0.4, -0.2) is 36.3 Å². The Hall–Kier alpha value is -3.74. The van der Waals surface area contributed by atoms with Gasteiger partial charge in [0.25, 0.3) is 5.56 Å². The molecule has 2 aliphatic rings. The molecule has 3 heterocycles. The van der Waals surface area contributed by atoms with E-state index in [-0.39, 0.29) is 34.7 Å². The number of anilines is 1. The molecule has 1 amide bonds.